The molecule has 0 aliphatic carbocycles. The van der Waals surface area contributed by atoms with Crippen molar-refractivity contribution in [2.24, 2.45) is 0 Å². The van der Waals surface area contributed by atoms with Crippen molar-refractivity contribution < 1.29 is 9.05 Å². The Morgan fingerprint density at radius 2 is 1.62 bits per heavy atom. The molecule has 1 aromatic rings. The van der Waals surface area contributed by atoms with Gasteiger partial charge in [-0.2, -0.15) is 0 Å². The summed E-state index contributed by atoms with van der Waals surface area (Å²) in [5, 5.41) is 0. The summed E-state index contributed by atoms with van der Waals surface area (Å²) in [6.07, 6.45) is 3.76. The highest BCUT2D eigenvalue weighted by Gasteiger charge is 2.18. The molecule has 0 amide bonds. The van der Waals surface area contributed by atoms with Crippen LogP contribution in [0.15, 0.2) is 24.5 Å². The van der Waals surface area contributed by atoms with Crippen molar-refractivity contribution in [3.63, 3.8) is 0 Å². The van der Waals surface area contributed by atoms with E-state index in [0.29, 0.717) is 13.2 Å². The third-order valence-electron chi connectivity index (χ3n) is 1.46. The summed E-state index contributed by atoms with van der Waals surface area (Å²) in [7, 11) is 0. The first-order chi connectivity index (χ1) is 6.23. The van der Waals surface area contributed by atoms with Gasteiger partial charge in [0.2, 0.25) is 0 Å². The minimum Gasteiger partial charge on any atom is -0.314 e. The molecular formula is C8H14NO2PS. The Kier molecular flexibility index (Phi) is 4.13. The molecule has 0 fully saturated rings. The predicted octanol–water partition coefficient (Wildman–Crippen LogP) is 2.63. The maximum absolute atomic E-state index is 5.48. The van der Waals surface area contributed by atoms with Gasteiger partial charge in [0.05, 0.1) is 13.2 Å². The number of hydrogen-bond acceptors (Lipinski definition) is 3. The highest BCUT2D eigenvalue weighted by atomic mass is 32.5. The molecule has 1 rings (SSSR count). The van der Waals surface area contributed by atoms with Crippen molar-refractivity contribution in [1.82, 2.24) is 4.34 Å². The van der Waals surface area contributed by atoms with Crippen LogP contribution < -0.4 is 0 Å². The molecule has 74 valence electrons. The standard InChI is InChI=1S/C8H14NO2PS/c1-3-10-12(13,11-4-2)9-7-5-6-8-9/h5-8H,3-4H2,1-2H3. The minimum absolute atomic E-state index is 0.579. The molecule has 0 N–H and O–H groups in total. The van der Waals surface area contributed by atoms with Gasteiger partial charge in [-0.05, 0) is 37.8 Å². The van der Waals surface area contributed by atoms with E-state index in [1.165, 1.54) is 0 Å². The fourth-order valence-electron chi connectivity index (χ4n) is 0.986. The lowest BCUT2D eigenvalue weighted by atomic mass is 10.7. The summed E-state index contributed by atoms with van der Waals surface area (Å²) in [5.41, 5.74) is 0. The van der Waals surface area contributed by atoms with Gasteiger partial charge in [-0.3, -0.25) is 4.34 Å². The van der Waals surface area contributed by atoms with E-state index in [4.69, 9.17) is 20.9 Å². The van der Waals surface area contributed by atoms with Gasteiger partial charge in [0.1, 0.15) is 0 Å². The highest BCUT2D eigenvalue weighted by molar-refractivity contribution is 8.09. The Hall–Kier alpha value is -0.150. The third-order valence-corrected chi connectivity index (χ3v) is 4.66. The van der Waals surface area contributed by atoms with Crippen LogP contribution in [0.1, 0.15) is 13.8 Å². The molecule has 0 aliphatic heterocycles. The maximum atomic E-state index is 5.48. The fraction of sp³-hybridized carbons (Fsp3) is 0.500. The van der Waals surface area contributed by atoms with Crippen LogP contribution in [-0.4, -0.2) is 17.6 Å². The van der Waals surface area contributed by atoms with Gasteiger partial charge in [0, 0.05) is 12.4 Å². The SMILES string of the molecule is CCOP(=S)(OCC)n1cccc1. The first-order valence-corrected chi connectivity index (χ1v) is 6.85. The van der Waals surface area contributed by atoms with E-state index in [9.17, 15) is 0 Å². The average Bonchev–Trinajstić information content (AvgIpc) is 2.57. The third kappa shape index (κ3) is 2.64. The summed E-state index contributed by atoms with van der Waals surface area (Å²) >= 11 is 5.35. The average molecular weight is 219 g/mol. The van der Waals surface area contributed by atoms with Crippen LogP contribution >= 0.6 is 6.64 Å². The highest BCUT2D eigenvalue weighted by Crippen LogP contribution is 2.49. The van der Waals surface area contributed by atoms with Gasteiger partial charge in [-0.1, -0.05) is 0 Å². The summed E-state index contributed by atoms with van der Waals surface area (Å²) < 4.78 is 12.8. The largest absolute Gasteiger partial charge is 0.314 e. The van der Waals surface area contributed by atoms with E-state index < -0.39 is 6.64 Å². The van der Waals surface area contributed by atoms with E-state index in [-0.39, 0.29) is 0 Å². The first-order valence-electron chi connectivity index (χ1n) is 4.26. The van der Waals surface area contributed by atoms with Crippen LogP contribution in [0.4, 0.5) is 0 Å². The van der Waals surface area contributed by atoms with E-state index in [2.05, 4.69) is 0 Å². The van der Waals surface area contributed by atoms with Crippen molar-refractivity contribution in [3.8, 4) is 0 Å². The molecule has 5 heteroatoms. The van der Waals surface area contributed by atoms with Gasteiger partial charge in [0.25, 0.3) is 6.64 Å². The molecule has 0 atom stereocenters. The number of rotatable bonds is 5. The lowest BCUT2D eigenvalue weighted by molar-refractivity contribution is 0.260. The maximum Gasteiger partial charge on any atom is 0.293 e. The van der Waals surface area contributed by atoms with Crippen LogP contribution in [0, 0.1) is 0 Å². The lowest BCUT2D eigenvalue weighted by Crippen LogP contribution is -2.02. The summed E-state index contributed by atoms with van der Waals surface area (Å²) in [5.74, 6) is 0. The monoisotopic (exact) mass is 219 g/mol. The van der Waals surface area contributed by atoms with Crippen molar-refractivity contribution in [2.75, 3.05) is 13.2 Å². The molecule has 0 spiro atoms. The molecule has 0 bridgehead atoms. The number of hydrogen-bond donors (Lipinski definition) is 0. The van der Waals surface area contributed by atoms with Gasteiger partial charge >= 0.3 is 0 Å². The molecule has 0 saturated carbocycles. The van der Waals surface area contributed by atoms with Crippen LogP contribution in [0.2, 0.25) is 0 Å². The topological polar surface area (TPSA) is 23.4 Å². The molecule has 1 heterocycles. The molecule has 1 aromatic heterocycles. The Morgan fingerprint density at radius 1 is 1.15 bits per heavy atom. The molecule has 0 aromatic carbocycles. The molecule has 0 aliphatic rings. The van der Waals surface area contributed by atoms with E-state index in [1.807, 2.05) is 42.7 Å². The smallest absolute Gasteiger partial charge is 0.293 e. The van der Waals surface area contributed by atoms with E-state index in [1.54, 1.807) is 0 Å². The molecule has 0 saturated heterocycles. The molecule has 3 nitrogen and oxygen atoms in total. The van der Waals surface area contributed by atoms with Crippen molar-refractivity contribution in [2.45, 2.75) is 13.8 Å². The predicted molar refractivity (Wildman–Crippen MR) is 57.4 cm³/mol. The Balaban J connectivity index is 2.85. The van der Waals surface area contributed by atoms with Crippen LogP contribution in [-0.2, 0) is 20.9 Å². The van der Waals surface area contributed by atoms with Gasteiger partial charge in [0.15, 0.2) is 0 Å². The van der Waals surface area contributed by atoms with Crippen molar-refractivity contribution in [1.29, 1.82) is 0 Å². The van der Waals surface area contributed by atoms with Crippen molar-refractivity contribution in [3.05, 3.63) is 24.5 Å². The molecule has 0 unspecified atom stereocenters. The van der Waals surface area contributed by atoms with Gasteiger partial charge < -0.3 is 9.05 Å². The van der Waals surface area contributed by atoms with Gasteiger partial charge in [-0.15, -0.1) is 0 Å². The normalized spacial score (nSPS) is 11.8. The second kappa shape index (κ2) is 4.91. The summed E-state index contributed by atoms with van der Waals surface area (Å²) in [4.78, 5) is 0. The second-order valence-electron chi connectivity index (χ2n) is 2.37. The molecule has 0 radical (unpaired) electrons. The van der Waals surface area contributed by atoms with Crippen LogP contribution in [0.5, 0.6) is 0 Å². The zero-order valence-corrected chi connectivity index (χ0v) is 9.55. The zero-order chi connectivity index (χ0) is 9.73. The second-order valence-corrected chi connectivity index (χ2v) is 5.67. The molecule has 13 heavy (non-hydrogen) atoms. The van der Waals surface area contributed by atoms with Crippen LogP contribution in [0.3, 0.4) is 0 Å². The number of nitrogens with zero attached hydrogens (tertiary/aromatic N) is 1. The molecular weight excluding hydrogens is 205 g/mol. The Morgan fingerprint density at radius 3 is 2.00 bits per heavy atom. The van der Waals surface area contributed by atoms with Crippen LogP contribution in [0.25, 0.3) is 0 Å². The van der Waals surface area contributed by atoms with E-state index in [0.717, 1.165) is 0 Å². The van der Waals surface area contributed by atoms with Gasteiger partial charge in [-0.25, -0.2) is 0 Å². The summed E-state index contributed by atoms with van der Waals surface area (Å²) in [6.45, 7) is 2.72. The number of aromatic nitrogens is 1. The van der Waals surface area contributed by atoms with E-state index >= 15 is 0 Å². The Labute approximate surface area is 83.9 Å². The zero-order valence-electron chi connectivity index (χ0n) is 7.84. The minimum atomic E-state index is -2.27. The summed E-state index contributed by atoms with van der Waals surface area (Å²) in [6, 6.07) is 3.83. The first kappa shape index (κ1) is 10.9. The Bertz CT molecular complexity index is 276. The quantitative estimate of drug-likeness (QED) is 0.711. The lowest BCUT2D eigenvalue weighted by Gasteiger charge is -2.21. The fourth-order valence-corrected chi connectivity index (χ4v) is 3.42. The van der Waals surface area contributed by atoms with Crippen molar-refractivity contribution >= 4 is 18.4 Å².